The first-order valence-electron chi connectivity index (χ1n) is 9.69. The molecule has 8 heteroatoms. The summed E-state index contributed by atoms with van der Waals surface area (Å²) in [6.07, 6.45) is 2.17. The number of methoxy groups -OCH3 is 1. The lowest BCUT2D eigenvalue weighted by Gasteiger charge is -2.33. The van der Waals surface area contributed by atoms with E-state index in [0.29, 0.717) is 24.1 Å². The molecule has 1 fully saturated rings. The van der Waals surface area contributed by atoms with Gasteiger partial charge in [0.1, 0.15) is 11.6 Å². The van der Waals surface area contributed by atoms with E-state index in [9.17, 15) is 14.4 Å². The molecule has 0 aliphatic carbocycles. The number of carbonyl (C=O) groups excluding carboxylic acids is 3. The van der Waals surface area contributed by atoms with E-state index in [-0.39, 0.29) is 19.0 Å². The number of hydrogen-bond acceptors (Lipinski definition) is 7. The fraction of sp³-hybridized carbons (Fsp3) is 0.476. The molecule has 0 N–H and O–H groups in total. The van der Waals surface area contributed by atoms with Crippen molar-refractivity contribution in [3.8, 4) is 0 Å². The van der Waals surface area contributed by atoms with Crippen LogP contribution in [-0.2, 0) is 30.4 Å². The molecule has 1 atom stereocenters. The molecule has 0 radical (unpaired) electrons. The molecule has 1 aliphatic heterocycles. The molecule has 1 amide bonds. The number of piperidine rings is 1. The van der Waals surface area contributed by atoms with Gasteiger partial charge in [0.05, 0.1) is 13.2 Å². The average molecular weight is 403 g/mol. The number of esters is 2. The Morgan fingerprint density at radius 1 is 1.17 bits per heavy atom. The number of fused-ring (bicyclic) bond motifs is 1. The molecule has 2 aromatic rings. The Morgan fingerprint density at radius 2 is 1.97 bits per heavy atom. The number of rotatable bonds is 7. The molecule has 3 rings (SSSR count). The second-order valence-electron chi connectivity index (χ2n) is 6.77. The highest BCUT2D eigenvalue weighted by atomic mass is 16.6. The SMILES string of the molecule is CCOC(=O)C1CCCCN1C(=O)COC(=O)c1oc2ccccc2c1COC. The van der Waals surface area contributed by atoms with Crippen molar-refractivity contribution in [2.24, 2.45) is 0 Å². The summed E-state index contributed by atoms with van der Waals surface area (Å²) in [7, 11) is 1.52. The van der Waals surface area contributed by atoms with Gasteiger partial charge in [-0.3, -0.25) is 4.79 Å². The summed E-state index contributed by atoms with van der Waals surface area (Å²) in [5.41, 5.74) is 1.11. The van der Waals surface area contributed by atoms with Crippen LogP contribution >= 0.6 is 0 Å². The van der Waals surface area contributed by atoms with E-state index < -0.39 is 30.5 Å². The molecule has 1 aromatic heterocycles. The van der Waals surface area contributed by atoms with Crippen LogP contribution in [0.15, 0.2) is 28.7 Å². The van der Waals surface area contributed by atoms with E-state index in [1.807, 2.05) is 12.1 Å². The number of furan rings is 1. The fourth-order valence-corrected chi connectivity index (χ4v) is 3.54. The Morgan fingerprint density at radius 3 is 2.72 bits per heavy atom. The topological polar surface area (TPSA) is 95.3 Å². The van der Waals surface area contributed by atoms with Crippen LogP contribution in [0.3, 0.4) is 0 Å². The van der Waals surface area contributed by atoms with E-state index in [2.05, 4.69) is 0 Å². The second-order valence-corrected chi connectivity index (χ2v) is 6.77. The van der Waals surface area contributed by atoms with Crippen LogP contribution in [0, 0.1) is 0 Å². The van der Waals surface area contributed by atoms with Gasteiger partial charge in [-0.15, -0.1) is 0 Å². The number of carbonyl (C=O) groups is 3. The van der Waals surface area contributed by atoms with Gasteiger partial charge in [-0.1, -0.05) is 18.2 Å². The van der Waals surface area contributed by atoms with Gasteiger partial charge in [-0.05, 0) is 32.3 Å². The summed E-state index contributed by atoms with van der Waals surface area (Å²) in [4.78, 5) is 38.8. The molecule has 1 aliphatic rings. The van der Waals surface area contributed by atoms with E-state index in [0.717, 1.165) is 18.2 Å². The minimum Gasteiger partial charge on any atom is -0.464 e. The van der Waals surface area contributed by atoms with Crippen molar-refractivity contribution < 1.29 is 33.0 Å². The Bertz CT molecular complexity index is 888. The maximum atomic E-state index is 12.6. The van der Waals surface area contributed by atoms with Crippen molar-refractivity contribution in [1.29, 1.82) is 0 Å². The lowest BCUT2D eigenvalue weighted by atomic mass is 10.0. The predicted molar refractivity (Wildman–Crippen MR) is 103 cm³/mol. The highest BCUT2D eigenvalue weighted by Gasteiger charge is 2.34. The zero-order chi connectivity index (χ0) is 20.8. The number of amides is 1. The van der Waals surface area contributed by atoms with Crippen LogP contribution in [0.1, 0.15) is 42.3 Å². The second kappa shape index (κ2) is 9.56. The van der Waals surface area contributed by atoms with Gasteiger partial charge < -0.3 is 23.5 Å². The van der Waals surface area contributed by atoms with Crippen LogP contribution in [0.25, 0.3) is 11.0 Å². The van der Waals surface area contributed by atoms with Gasteiger partial charge >= 0.3 is 11.9 Å². The number of nitrogens with zero attached hydrogens (tertiary/aromatic N) is 1. The minimum atomic E-state index is -0.744. The highest BCUT2D eigenvalue weighted by molar-refractivity contribution is 5.97. The summed E-state index contributed by atoms with van der Waals surface area (Å²) in [6.45, 7) is 2.10. The van der Waals surface area contributed by atoms with Gasteiger partial charge in [0.25, 0.3) is 5.91 Å². The third-order valence-electron chi connectivity index (χ3n) is 4.88. The molecule has 0 bridgehead atoms. The minimum absolute atomic E-state index is 0.0152. The van der Waals surface area contributed by atoms with Crippen molar-refractivity contribution in [3.63, 3.8) is 0 Å². The highest BCUT2D eigenvalue weighted by Crippen LogP contribution is 2.27. The number of benzene rings is 1. The van der Waals surface area contributed by atoms with Gasteiger partial charge in [-0.2, -0.15) is 0 Å². The van der Waals surface area contributed by atoms with Crippen LogP contribution in [0.4, 0.5) is 0 Å². The smallest absolute Gasteiger partial charge is 0.375 e. The van der Waals surface area contributed by atoms with Crippen molar-refractivity contribution in [1.82, 2.24) is 4.90 Å². The van der Waals surface area contributed by atoms with Crippen LogP contribution < -0.4 is 0 Å². The van der Waals surface area contributed by atoms with E-state index in [1.165, 1.54) is 12.0 Å². The molecule has 1 saturated heterocycles. The van der Waals surface area contributed by atoms with Crippen molar-refractivity contribution in [3.05, 3.63) is 35.6 Å². The molecule has 29 heavy (non-hydrogen) atoms. The molecule has 8 nitrogen and oxygen atoms in total. The molecular formula is C21H25NO7. The molecule has 0 spiro atoms. The Balaban J connectivity index is 1.70. The first-order valence-corrected chi connectivity index (χ1v) is 9.69. The van der Waals surface area contributed by atoms with E-state index >= 15 is 0 Å². The first-order chi connectivity index (χ1) is 14.1. The maximum absolute atomic E-state index is 12.6. The number of hydrogen-bond donors (Lipinski definition) is 0. The summed E-state index contributed by atoms with van der Waals surface area (Å²) in [6, 6.07) is 6.57. The van der Waals surface area contributed by atoms with Crippen molar-refractivity contribution in [2.75, 3.05) is 26.9 Å². The van der Waals surface area contributed by atoms with Gasteiger partial charge in [0.2, 0.25) is 5.76 Å². The third kappa shape index (κ3) is 4.59. The summed E-state index contributed by atoms with van der Waals surface area (Å²) < 4.78 is 21.1. The fourth-order valence-electron chi connectivity index (χ4n) is 3.54. The zero-order valence-corrected chi connectivity index (χ0v) is 16.6. The van der Waals surface area contributed by atoms with Crippen molar-refractivity contribution in [2.45, 2.75) is 38.8 Å². The van der Waals surface area contributed by atoms with E-state index in [1.54, 1.807) is 19.1 Å². The summed E-state index contributed by atoms with van der Waals surface area (Å²) in [5, 5.41) is 0.756. The largest absolute Gasteiger partial charge is 0.464 e. The quantitative estimate of drug-likeness (QED) is 0.656. The maximum Gasteiger partial charge on any atom is 0.375 e. The molecule has 0 saturated carbocycles. The Kier molecular flexibility index (Phi) is 6.87. The normalized spacial score (nSPS) is 16.6. The van der Waals surface area contributed by atoms with Crippen LogP contribution in [0.5, 0.6) is 0 Å². The van der Waals surface area contributed by atoms with Gasteiger partial charge in [-0.25, -0.2) is 9.59 Å². The van der Waals surface area contributed by atoms with Gasteiger partial charge in [0, 0.05) is 24.6 Å². The monoisotopic (exact) mass is 403 g/mol. The zero-order valence-electron chi connectivity index (χ0n) is 16.6. The Labute approximate surface area is 168 Å². The number of likely N-dealkylation sites (tertiary alicyclic amines) is 1. The third-order valence-corrected chi connectivity index (χ3v) is 4.88. The molecule has 1 aromatic carbocycles. The molecular weight excluding hydrogens is 378 g/mol. The van der Waals surface area contributed by atoms with E-state index in [4.69, 9.17) is 18.6 Å². The lowest BCUT2D eigenvalue weighted by Crippen LogP contribution is -2.50. The summed E-state index contributed by atoms with van der Waals surface area (Å²) >= 11 is 0. The standard InChI is InChI=1S/C21H25NO7/c1-3-27-20(24)16-9-6-7-11-22(16)18(23)13-28-21(25)19-15(12-26-2)14-8-4-5-10-17(14)29-19/h4-5,8,10,16H,3,6-7,9,11-13H2,1-2H3. The van der Waals surface area contributed by atoms with Gasteiger partial charge in [0.15, 0.2) is 6.61 Å². The van der Waals surface area contributed by atoms with Crippen LogP contribution in [-0.4, -0.2) is 55.7 Å². The number of para-hydroxylation sites is 1. The molecule has 156 valence electrons. The Hall–Kier alpha value is -2.87. The summed E-state index contributed by atoms with van der Waals surface area (Å²) in [5.74, 6) is -1.58. The predicted octanol–water partition coefficient (Wildman–Crippen LogP) is 2.68. The van der Waals surface area contributed by atoms with Crippen LogP contribution in [0.2, 0.25) is 0 Å². The number of ether oxygens (including phenoxy) is 3. The molecule has 2 heterocycles. The molecule has 1 unspecified atom stereocenters. The first kappa shape index (κ1) is 20.9. The van der Waals surface area contributed by atoms with Crippen molar-refractivity contribution >= 4 is 28.8 Å². The average Bonchev–Trinajstić information content (AvgIpc) is 3.11. The lowest BCUT2D eigenvalue weighted by molar-refractivity contribution is -0.157.